The van der Waals surface area contributed by atoms with Gasteiger partial charge in [-0.15, -0.1) is 0 Å². The fourth-order valence-corrected chi connectivity index (χ4v) is 1.87. The van der Waals surface area contributed by atoms with Crippen LogP contribution in [0.25, 0.3) is 23.1 Å². The zero-order valence-corrected chi connectivity index (χ0v) is 9.88. The second kappa shape index (κ2) is 4.84. The van der Waals surface area contributed by atoms with Gasteiger partial charge in [0.05, 0.1) is 11.2 Å². The molecule has 1 heterocycles. The lowest BCUT2D eigenvalue weighted by atomic mass is 10.1. The fourth-order valence-electron chi connectivity index (χ4n) is 1.87. The number of pyridine rings is 1. The lowest BCUT2D eigenvalue weighted by Gasteiger charge is -1.98. The standard InChI is InChI=1S/C17H12N/c1-2-6-14(7-3-1)10-12-16-13-11-15-8-4-5-9-17(15)18-16/h2-13H/b12-10+. The Morgan fingerprint density at radius 3 is 2.56 bits per heavy atom. The number of rotatable bonds is 2. The van der Waals surface area contributed by atoms with Crippen LogP contribution < -0.4 is 0 Å². The molecular weight excluding hydrogens is 218 g/mol. The molecule has 2 aromatic carbocycles. The van der Waals surface area contributed by atoms with Crippen LogP contribution in [0.1, 0.15) is 11.3 Å². The van der Waals surface area contributed by atoms with Crippen LogP contribution in [0.4, 0.5) is 0 Å². The van der Waals surface area contributed by atoms with E-state index < -0.39 is 0 Å². The third kappa shape index (κ3) is 2.30. The average molecular weight is 230 g/mol. The van der Waals surface area contributed by atoms with E-state index >= 15 is 0 Å². The van der Waals surface area contributed by atoms with E-state index in [2.05, 4.69) is 29.3 Å². The molecule has 0 aliphatic heterocycles. The van der Waals surface area contributed by atoms with E-state index in [1.807, 2.05) is 54.6 Å². The molecule has 0 unspecified atom stereocenters. The quantitative estimate of drug-likeness (QED) is 0.642. The van der Waals surface area contributed by atoms with Crippen molar-refractivity contribution in [3.63, 3.8) is 0 Å². The highest BCUT2D eigenvalue weighted by Gasteiger charge is 1.94. The van der Waals surface area contributed by atoms with Crippen molar-refractivity contribution < 1.29 is 0 Å². The molecular formula is C17H12N. The lowest BCUT2D eigenvalue weighted by Crippen LogP contribution is -1.82. The Hall–Kier alpha value is -2.41. The minimum atomic E-state index is 0.974. The predicted octanol–water partition coefficient (Wildman–Crippen LogP) is 4.21. The molecule has 1 radical (unpaired) electrons. The highest BCUT2D eigenvalue weighted by molar-refractivity contribution is 5.80. The van der Waals surface area contributed by atoms with Crippen molar-refractivity contribution in [1.82, 2.24) is 4.98 Å². The maximum absolute atomic E-state index is 4.60. The maximum Gasteiger partial charge on any atom is 0.0709 e. The zero-order valence-electron chi connectivity index (χ0n) is 9.88. The van der Waals surface area contributed by atoms with Gasteiger partial charge in [-0.2, -0.15) is 0 Å². The van der Waals surface area contributed by atoms with Gasteiger partial charge in [-0.3, -0.25) is 0 Å². The highest BCUT2D eigenvalue weighted by Crippen LogP contribution is 2.13. The number of fused-ring (bicyclic) bond motifs is 1. The largest absolute Gasteiger partial charge is 0.248 e. The van der Waals surface area contributed by atoms with Crippen molar-refractivity contribution in [2.24, 2.45) is 0 Å². The van der Waals surface area contributed by atoms with Crippen LogP contribution in [0.3, 0.4) is 0 Å². The molecule has 0 aliphatic rings. The van der Waals surface area contributed by atoms with E-state index in [-0.39, 0.29) is 0 Å². The molecule has 18 heavy (non-hydrogen) atoms. The van der Waals surface area contributed by atoms with Crippen molar-refractivity contribution in [3.8, 4) is 0 Å². The van der Waals surface area contributed by atoms with Gasteiger partial charge in [-0.1, -0.05) is 54.6 Å². The highest BCUT2D eigenvalue weighted by atomic mass is 14.7. The second-order valence-electron chi connectivity index (χ2n) is 4.10. The summed E-state index contributed by atoms with van der Waals surface area (Å²) in [7, 11) is 0. The van der Waals surface area contributed by atoms with Crippen molar-refractivity contribution >= 4 is 23.1 Å². The van der Waals surface area contributed by atoms with Gasteiger partial charge in [-0.25, -0.2) is 4.98 Å². The van der Waals surface area contributed by atoms with Crippen LogP contribution in [0, 0.1) is 6.07 Å². The Bertz CT molecular complexity index is 684. The number of aromatic nitrogens is 1. The second-order valence-corrected chi connectivity index (χ2v) is 4.10. The molecule has 0 saturated carbocycles. The summed E-state index contributed by atoms with van der Waals surface area (Å²) in [6.07, 6.45) is 4.09. The van der Waals surface area contributed by atoms with E-state index in [9.17, 15) is 0 Å². The van der Waals surface area contributed by atoms with Gasteiger partial charge in [0, 0.05) is 5.39 Å². The summed E-state index contributed by atoms with van der Waals surface area (Å²) in [5.41, 5.74) is 3.16. The molecule has 0 fully saturated rings. The minimum Gasteiger partial charge on any atom is -0.248 e. The van der Waals surface area contributed by atoms with Gasteiger partial charge in [-0.05, 0) is 29.8 Å². The monoisotopic (exact) mass is 230 g/mol. The Labute approximate surface area is 106 Å². The first kappa shape index (κ1) is 10.7. The smallest absolute Gasteiger partial charge is 0.0709 e. The third-order valence-corrected chi connectivity index (χ3v) is 2.81. The Morgan fingerprint density at radius 1 is 0.833 bits per heavy atom. The first-order chi connectivity index (χ1) is 8.92. The summed E-state index contributed by atoms with van der Waals surface area (Å²) in [6, 6.07) is 23.2. The predicted molar refractivity (Wildman–Crippen MR) is 75.9 cm³/mol. The molecule has 1 aromatic heterocycles. The molecule has 0 saturated heterocycles. The van der Waals surface area contributed by atoms with Gasteiger partial charge >= 0.3 is 0 Å². The van der Waals surface area contributed by atoms with Crippen molar-refractivity contribution in [3.05, 3.63) is 78.0 Å². The minimum absolute atomic E-state index is 0.974. The molecule has 0 aliphatic carbocycles. The summed E-state index contributed by atoms with van der Waals surface area (Å²) < 4.78 is 0. The van der Waals surface area contributed by atoms with Crippen LogP contribution >= 0.6 is 0 Å². The van der Waals surface area contributed by atoms with Crippen LogP contribution in [0.15, 0.2) is 60.7 Å². The van der Waals surface area contributed by atoms with E-state index in [4.69, 9.17) is 0 Å². The van der Waals surface area contributed by atoms with Gasteiger partial charge < -0.3 is 0 Å². The van der Waals surface area contributed by atoms with Crippen LogP contribution in [-0.2, 0) is 0 Å². The zero-order chi connectivity index (χ0) is 12.2. The average Bonchev–Trinajstić information content (AvgIpc) is 2.46. The van der Waals surface area contributed by atoms with E-state index in [0.717, 1.165) is 16.8 Å². The molecule has 1 nitrogen and oxygen atoms in total. The summed E-state index contributed by atoms with van der Waals surface area (Å²) in [5, 5.41) is 1.17. The van der Waals surface area contributed by atoms with Gasteiger partial charge in [0.2, 0.25) is 0 Å². The van der Waals surface area contributed by atoms with Gasteiger partial charge in [0.1, 0.15) is 0 Å². The van der Waals surface area contributed by atoms with Crippen molar-refractivity contribution in [2.45, 2.75) is 0 Å². The topological polar surface area (TPSA) is 12.9 Å². The maximum atomic E-state index is 4.60. The molecule has 0 bridgehead atoms. The number of nitrogens with zero attached hydrogens (tertiary/aromatic N) is 1. The Kier molecular flexibility index (Phi) is 2.89. The SMILES string of the molecule is [c]1ccc(/C=C/c2ccc3ccccc3n2)cc1. The molecule has 0 N–H and O–H groups in total. The summed E-state index contributed by atoms with van der Waals surface area (Å²) in [5.74, 6) is 0. The van der Waals surface area contributed by atoms with E-state index in [1.165, 1.54) is 5.39 Å². The molecule has 0 atom stereocenters. The fraction of sp³-hybridized carbons (Fsp3) is 0. The summed E-state index contributed by atoms with van der Waals surface area (Å²) in [4.78, 5) is 4.60. The molecule has 3 aromatic rings. The summed E-state index contributed by atoms with van der Waals surface area (Å²) in [6.45, 7) is 0. The van der Waals surface area contributed by atoms with E-state index in [0.29, 0.717) is 0 Å². The van der Waals surface area contributed by atoms with Gasteiger partial charge in [0.15, 0.2) is 0 Å². The number of benzene rings is 2. The normalized spacial score (nSPS) is 11.1. The first-order valence-corrected chi connectivity index (χ1v) is 5.92. The molecule has 0 spiro atoms. The molecule has 1 heteroatoms. The van der Waals surface area contributed by atoms with Crippen molar-refractivity contribution in [2.75, 3.05) is 0 Å². The summed E-state index contributed by atoms with van der Waals surface area (Å²) >= 11 is 0. The molecule has 3 rings (SSSR count). The van der Waals surface area contributed by atoms with E-state index in [1.54, 1.807) is 0 Å². The van der Waals surface area contributed by atoms with Gasteiger partial charge in [0.25, 0.3) is 0 Å². The number of hydrogen-bond acceptors (Lipinski definition) is 1. The third-order valence-electron chi connectivity index (χ3n) is 2.81. The van der Waals surface area contributed by atoms with Crippen molar-refractivity contribution in [1.29, 1.82) is 0 Å². The molecule has 0 amide bonds. The Balaban J connectivity index is 1.93. The molecule has 85 valence electrons. The Morgan fingerprint density at radius 2 is 1.67 bits per heavy atom. The van der Waals surface area contributed by atoms with Crippen LogP contribution in [-0.4, -0.2) is 4.98 Å². The lowest BCUT2D eigenvalue weighted by molar-refractivity contribution is 1.37. The number of para-hydroxylation sites is 1. The first-order valence-electron chi connectivity index (χ1n) is 5.92. The number of hydrogen-bond donors (Lipinski definition) is 0. The van der Waals surface area contributed by atoms with Crippen LogP contribution in [0.2, 0.25) is 0 Å². The van der Waals surface area contributed by atoms with Crippen LogP contribution in [0.5, 0.6) is 0 Å².